The van der Waals surface area contributed by atoms with Crippen molar-refractivity contribution in [1.82, 2.24) is 10.2 Å². The quantitative estimate of drug-likeness (QED) is 0.708. The Hall–Kier alpha value is -2.62. The fraction of sp³-hybridized carbons (Fsp3) is 0.440. The Labute approximate surface area is 175 Å². The predicted molar refractivity (Wildman–Crippen MR) is 118 cm³/mol. The molecule has 2 aromatic rings. The minimum atomic E-state index is -0.559. The zero-order chi connectivity index (χ0) is 21.4. The maximum absolute atomic E-state index is 13.3. The molecule has 1 atom stereocenters. The Morgan fingerprint density at radius 3 is 2.24 bits per heavy atom. The number of carbonyl (C=O) groups excluding carboxylic acids is 2. The third kappa shape index (κ3) is 7.37. The van der Waals surface area contributed by atoms with Crippen LogP contribution >= 0.6 is 0 Å². The SMILES string of the molecule is CCCC(=O)N(Cc1cccc(C)c1)[C@H](Cc1ccccc1)C(=O)NC(C)(C)C. The summed E-state index contributed by atoms with van der Waals surface area (Å²) in [5.41, 5.74) is 2.86. The van der Waals surface area contributed by atoms with E-state index >= 15 is 0 Å². The first kappa shape index (κ1) is 22.7. The van der Waals surface area contributed by atoms with Crippen LogP contribution in [0.4, 0.5) is 0 Å². The van der Waals surface area contributed by atoms with Crippen molar-refractivity contribution in [3.05, 3.63) is 71.3 Å². The second kappa shape index (κ2) is 10.2. The van der Waals surface area contributed by atoms with Crippen LogP contribution in [0.1, 0.15) is 57.2 Å². The summed E-state index contributed by atoms with van der Waals surface area (Å²) < 4.78 is 0. The molecule has 0 bridgehead atoms. The summed E-state index contributed by atoms with van der Waals surface area (Å²) in [5.74, 6) is -0.0996. The lowest BCUT2D eigenvalue weighted by molar-refractivity contribution is -0.142. The van der Waals surface area contributed by atoms with Crippen LogP contribution in [0.5, 0.6) is 0 Å². The lowest BCUT2D eigenvalue weighted by atomic mass is 10.00. The number of aryl methyl sites for hydroxylation is 1. The highest BCUT2D eigenvalue weighted by Gasteiger charge is 2.31. The fourth-order valence-electron chi connectivity index (χ4n) is 3.37. The average molecular weight is 395 g/mol. The van der Waals surface area contributed by atoms with Crippen molar-refractivity contribution in [2.45, 2.75) is 72.0 Å². The molecule has 0 aliphatic heterocycles. The van der Waals surface area contributed by atoms with E-state index in [4.69, 9.17) is 0 Å². The molecule has 0 heterocycles. The van der Waals surface area contributed by atoms with E-state index in [1.807, 2.05) is 83.1 Å². The van der Waals surface area contributed by atoms with E-state index in [-0.39, 0.29) is 17.4 Å². The fourth-order valence-corrected chi connectivity index (χ4v) is 3.37. The zero-order valence-corrected chi connectivity index (χ0v) is 18.4. The summed E-state index contributed by atoms with van der Waals surface area (Å²) in [6, 6.07) is 17.5. The molecule has 0 saturated heterocycles. The van der Waals surface area contributed by atoms with Gasteiger partial charge in [-0.3, -0.25) is 9.59 Å². The van der Waals surface area contributed by atoms with Gasteiger partial charge in [0.1, 0.15) is 6.04 Å². The molecule has 0 saturated carbocycles. The number of amides is 2. The Balaban J connectivity index is 2.40. The van der Waals surface area contributed by atoms with E-state index in [0.717, 1.165) is 23.1 Å². The van der Waals surface area contributed by atoms with Crippen molar-refractivity contribution in [3.63, 3.8) is 0 Å². The van der Waals surface area contributed by atoms with Crippen LogP contribution in [0.2, 0.25) is 0 Å². The first-order valence-electron chi connectivity index (χ1n) is 10.4. The van der Waals surface area contributed by atoms with Gasteiger partial charge in [0.15, 0.2) is 0 Å². The normalized spacial score (nSPS) is 12.3. The summed E-state index contributed by atoms with van der Waals surface area (Å²) in [6.45, 7) is 10.3. The van der Waals surface area contributed by atoms with Crippen LogP contribution in [0.15, 0.2) is 54.6 Å². The molecule has 1 N–H and O–H groups in total. The molecular weight excluding hydrogens is 360 g/mol. The highest BCUT2D eigenvalue weighted by Crippen LogP contribution is 2.18. The molecule has 0 fully saturated rings. The van der Waals surface area contributed by atoms with Crippen LogP contribution < -0.4 is 5.32 Å². The molecule has 0 radical (unpaired) electrons. The molecule has 29 heavy (non-hydrogen) atoms. The molecule has 156 valence electrons. The van der Waals surface area contributed by atoms with Gasteiger partial charge in [0.2, 0.25) is 11.8 Å². The number of nitrogens with zero attached hydrogens (tertiary/aromatic N) is 1. The van der Waals surface area contributed by atoms with Gasteiger partial charge in [-0.15, -0.1) is 0 Å². The standard InChI is InChI=1S/C25H34N2O2/c1-6-11-23(28)27(18-21-15-10-12-19(2)16-21)22(24(29)26-25(3,4)5)17-20-13-8-7-9-14-20/h7-10,12-16,22H,6,11,17-18H2,1-5H3,(H,26,29)/t22-/m1/s1. The summed E-state index contributed by atoms with van der Waals surface area (Å²) in [7, 11) is 0. The number of nitrogens with one attached hydrogen (secondary N) is 1. The molecule has 0 aliphatic rings. The van der Waals surface area contributed by atoms with Crippen molar-refractivity contribution in [3.8, 4) is 0 Å². The van der Waals surface area contributed by atoms with E-state index in [1.54, 1.807) is 4.90 Å². The zero-order valence-electron chi connectivity index (χ0n) is 18.4. The van der Waals surface area contributed by atoms with Crippen LogP contribution in [-0.2, 0) is 22.6 Å². The molecule has 2 aromatic carbocycles. The lowest BCUT2D eigenvalue weighted by Crippen LogP contribution is -2.54. The number of hydrogen-bond acceptors (Lipinski definition) is 2. The second-order valence-electron chi connectivity index (χ2n) is 8.71. The third-order valence-corrected chi connectivity index (χ3v) is 4.67. The lowest BCUT2D eigenvalue weighted by Gasteiger charge is -2.34. The van der Waals surface area contributed by atoms with Crippen LogP contribution in [-0.4, -0.2) is 28.3 Å². The smallest absolute Gasteiger partial charge is 0.243 e. The first-order chi connectivity index (χ1) is 13.7. The van der Waals surface area contributed by atoms with Crippen molar-refractivity contribution in [2.24, 2.45) is 0 Å². The minimum absolute atomic E-state index is 0.0130. The summed E-state index contributed by atoms with van der Waals surface area (Å²) in [4.78, 5) is 28.1. The van der Waals surface area contributed by atoms with Crippen molar-refractivity contribution in [1.29, 1.82) is 0 Å². The van der Waals surface area contributed by atoms with Crippen LogP contribution in [0.25, 0.3) is 0 Å². The highest BCUT2D eigenvalue weighted by atomic mass is 16.2. The molecular formula is C25H34N2O2. The maximum Gasteiger partial charge on any atom is 0.243 e. The van der Waals surface area contributed by atoms with Crippen LogP contribution in [0, 0.1) is 6.92 Å². The van der Waals surface area contributed by atoms with E-state index in [9.17, 15) is 9.59 Å². The topological polar surface area (TPSA) is 49.4 Å². The van der Waals surface area contributed by atoms with Gasteiger partial charge < -0.3 is 10.2 Å². The Morgan fingerprint density at radius 2 is 1.66 bits per heavy atom. The molecule has 0 aromatic heterocycles. The van der Waals surface area contributed by atoms with E-state index in [1.165, 1.54) is 0 Å². The van der Waals surface area contributed by atoms with E-state index in [0.29, 0.717) is 19.4 Å². The molecule has 0 aliphatic carbocycles. The van der Waals surface area contributed by atoms with Gasteiger partial charge in [-0.2, -0.15) is 0 Å². The monoisotopic (exact) mass is 394 g/mol. The van der Waals surface area contributed by atoms with Gasteiger partial charge >= 0.3 is 0 Å². The average Bonchev–Trinajstić information content (AvgIpc) is 2.64. The number of hydrogen-bond donors (Lipinski definition) is 1. The van der Waals surface area contributed by atoms with Crippen molar-refractivity contribution < 1.29 is 9.59 Å². The van der Waals surface area contributed by atoms with Gasteiger partial charge in [0, 0.05) is 24.9 Å². The van der Waals surface area contributed by atoms with Crippen LogP contribution in [0.3, 0.4) is 0 Å². The summed E-state index contributed by atoms with van der Waals surface area (Å²) in [5, 5.41) is 3.08. The molecule has 0 spiro atoms. The van der Waals surface area contributed by atoms with Gasteiger partial charge in [-0.25, -0.2) is 0 Å². The molecule has 2 amide bonds. The maximum atomic E-state index is 13.3. The predicted octanol–water partition coefficient (Wildman–Crippen LogP) is 4.65. The molecule has 2 rings (SSSR count). The Morgan fingerprint density at radius 1 is 1.00 bits per heavy atom. The number of carbonyl (C=O) groups is 2. The largest absolute Gasteiger partial charge is 0.350 e. The van der Waals surface area contributed by atoms with Crippen molar-refractivity contribution >= 4 is 11.8 Å². The van der Waals surface area contributed by atoms with E-state index < -0.39 is 6.04 Å². The van der Waals surface area contributed by atoms with Crippen molar-refractivity contribution in [2.75, 3.05) is 0 Å². The Kier molecular flexibility index (Phi) is 8.00. The van der Waals surface area contributed by atoms with Gasteiger partial charge in [0.25, 0.3) is 0 Å². The summed E-state index contributed by atoms with van der Waals surface area (Å²) in [6.07, 6.45) is 1.67. The molecule has 4 nitrogen and oxygen atoms in total. The molecule has 0 unspecified atom stereocenters. The van der Waals surface area contributed by atoms with Gasteiger partial charge in [-0.05, 0) is 45.2 Å². The number of benzene rings is 2. The first-order valence-corrected chi connectivity index (χ1v) is 10.4. The molecule has 4 heteroatoms. The second-order valence-corrected chi connectivity index (χ2v) is 8.71. The number of rotatable bonds is 8. The third-order valence-electron chi connectivity index (χ3n) is 4.67. The van der Waals surface area contributed by atoms with Gasteiger partial charge in [0.05, 0.1) is 0 Å². The minimum Gasteiger partial charge on any atom is -0.350 e. The Bertz CT molecular complexity index is 809. The summed E-state index contributed by atoms with van der Waals surface area (Å²) >= 11 is 0. The van der Waals surface area contributed by atoms with E-state index in [2.05, 4.69) is 11.4 Å². The van der Waals surface area contributed by atoms with Gasteiger partial charge in [-0.1, -0.05) is 67.1 Å². The highest BCUT2D eigenvalue weighted by molar-refractivity contribution is 5.88.